The van der Waals surface area contributed by atoms with Gasteiger partial charge in [-0.25, -0.2) is 4.98 Å². The second-order valence-corrected chi connectivity index (χ2v) is 7.13. The Labute approximate surface area is 165 Å². The lowest BCUT2D eigenvalue weighted by Crippen LogP contribution is -2.15. The zero-order chi connectivity index (χ0) is 19.5. The van der Waals surface area contributed by atoms with Crippen LogP contribution in [0.5, 0.6) is 0 Å². The lowest BCUT2D eigenvalue weighted by atomic mass is 10.1. The van der Waals surface area contributed by atoms with Gasteiger partial charge in [-0.05, 0) is 12.5 Å². The molecule has 0 atom stereocenters. The SMILES string of the molecule is Cc1ccc(-c2noc(CSc3nc(N)c(-c4ccccc4)c(=O)[nH]3)n2)cc1. The molecule has 0 saturated heterocycles. The first-order valence-electron chi connectivity index (χ1n) is 8.58. The quantitative estimate of drug-likeness (QED) is 0.394. The highest BCUT2D eigenvalue weighted by Crippen LogP contribution is 2.24. The molecule has 0 amide bonds. The summed E-state index contributed by atoms with van der Waals surface area (Å²) < 4.78 is 5.29. The van der Waals surface area contributed by atoms with Gasteiger partial charge in [-0.3, -0.25) is 4.79 Å². The van der Waals surface area contributed by atoms with Crippen molar-refractivity contribution in [2.24, 2.45) is 0 Å². The third-order valence-electron chi connectivity index (χ3n) is 4.10. The van der Waals surface area contributed by atoms with Crippen molar-refractivity contribution in [2.75, 3.05) is 5.73 Å². The van der Waals surface area contributed by atoms with E-state index in [4.69, 9.17) is 10.3 Å². The first-order chi connectivity index (χ1) is 13.6. The molecule has 0 aliphatic heterocycles. The molecule has 0 aliphatic rings. The van der Waals surface area contributed by atoms with E-state index < -0.39 is 0 Å². The molecule has 0 bridgehead atoms. The summed E-state index contributed by atoms with van der Waals surface area (Å²) in [6.07, 6.45) is 0. The van der Waals surface area contributed by atoms with Crippen LogP contribution in [-0.2, 0) is 5.75 Å². The number of nitrogen functional groups attached to an aromatic ring is 1. The average molecular weight is 391 g/mol. The van der Waals surface area contributed by atoms with Crippen LogP contribution in [-0.4, -0.2) is 20.1 Å². The lowest BCUT2D eigenvalue weighted by molar-refractivity contribution is 0.391. The van der Waals surface area contributed by atoms with E-state index in [0.29, 0.717) is 28.2 Å². The zero-order valence-electron chi connectivity index (χ0n) is 15.0. The molecule has 0 spiro atoms. The molecule has 4 aromatic rings. The number of H-pyrrole nitrogens is 1. The molecule has 0 aliphatic carbocycles. The first-order valence-corrected chi connectivity index (χ1v) is 9.56. The monoisotopic (exact) mass is 391 g/mol. The fourth-order valence-corrected chi connectivity index (χ4v) is 3.39. The summed E-state index contributed by atoms with van der Waals surface area (Å²) >= 11 is 1.27. The minimum absolute atomic E-state index is 0.184. The molecule has 4 rings (SSSR count). The van der Waals surface area contributed by atoms with Gasteiger partial charge in [-0.1, -0.05) is 77.1 Å². The molecule has 0 fully saturated rings. The second-order valence-electron chi connectivity index (χ2n) is 6.16. The van der Waals surface area contributed by atoms with Gasteiger partial charge in [0.2, 0.25) is 11.7 Å². The van der Waals surface area contributed by atoms with Gasteiger partial charge >= 0.3 is 0 Å². The first kappa shape index (κ1) is 18.0. The molecule has 0 unspecified atom stereocenters. The highest BCUT2D eigenvalue weighted by molar-refractivity contribution is 7.98. The number of aryl methyl sites for hydroxylation is 1. The maximum absolute atomic E-state index is 12.4. The number of hydrogen-bond donors (Lipinski definition) is 2. The fraction of sp³-hybridized carbons (Fsp3) is 0.100. The molecular formula is C20H17N5O2S. The molecule has 7 nitrogen and oxygen atoms in total. The Hall–Kier alpha value is -3.39. The average Bonchev–Trinajstić information content (AvgIpc) is 3.16. The molecule has 28 heavy (non-hydrogen) atoms. The predicted molar refractivity (Wildman–Crippen MR) is 109 cm³/mol. The van der Waals surface area contributed by atoms with Crippen LogP contribution in [0.3, 0.4) is 0 Å². The molecule has 0 saturated carbocycles. The Kier molecular flexibility index (Phi) is 4.94. The minimum Gasteiger partial charge on any atom is -0.383 e. The van der Waals surface area contributed by atoms with Crippen molar-refractivity contribution in [1.82, 2.24) is 20.1 Å². The van der Waals surface area contributed by atoms with Gasteiger partial charge in [0.25, 0.3) is 5.56 Å². The third-order valence-corrected chi connectivity index (χ3v) is 4.96. The van der Waals surface area contributed by atoms with Crippen molar-refractivity contribution in [1.29, 1.82) is 0 Å². The van der Waals surface area contributed by atoms with Gasteiger partial charge in [-0.15, -0.1) is 0 Å². The Morgan fingerprint density at radius 2 is 1.79 bits per heavy atom. The van der Waals surface area contributed by atoms with Crippen molar-refractivity contribution in [2.45, 2.75) is 17.8 Å². The van der Waals surface area contributed by atoms with Crippen LogP contribution in [0, 0.1) is 6.92 Å². The number of nitrogens with zero attached hydrogens (tertiary/aromatic N) is 3. The van der Waals surface area contributed by atoms with E-state index in [1.54, 1.807) is 0 Å². The Morgan fingerprint density at radius 1 is 1.04 bits per heavy atom. The maximum atomic E-state index is 12.4. The number of anilines is 1. The predicted octanol–water partition coefficient (Wildman–Crippen LogP) is 3.67. The second kappa shape index (κ2) is 7.69. The molecule has 2 aromatic heterocycles. The van der Waals surface area contributed by atoms with Crippen LogP contribution in [0.1, 0.15) is 11.5 Å². The van der Waals surface area contributed by atoms with Gasteiger partial charge in [0.15, 0.2) is 5.16 Å². The highest BCUT2D eigenvalue weighted by atomic mass is 32.2. The van der Waals surface area contributed by atoms with Crippen molar-refractivity contribution >= 4 is 17.6 Å². The number of benzene rings is 2. The molecule has 3 N–H and O–H groups in total. The number of aromatic nitrogens is 4. The van der Waals surface area contributed by atoms with E-state index >= 15 is 0 Å². The molecule has 0 radical (unpaired) electrons. The van der Waals surface area contributed by atoms with Gasteiger partial charge in [0.05, 0.1) is 11.3 Å². The summed E-state index contributed by atoms with van der Waals surface area (Å²) in [5, 5.41) is 4.40. The Bertz CT molecular complexity index is 1150. The molecule has 2 aromatic carbocycles. The van der Waals surface area contributed by atoms with Crippen LogP contribution in [0.2, 0.25) is 0 Å². The van der Waals surface area contributed by atoms with Crippen molar-refractivity contribution in [3.63, 3.8) is 0 Å². The van der Waals surface area contributed by atoms with Crippen LogP contribution >= 0.6 is 11.8 Å². The number of nitrogens with two attached hydrogens (primary N) is 1. The van der Waals surface area contributed by atoms with Gasteiger partial charge in [0.1, 0.15) is 5.82 Å². The van der Waals surface area contributed by atoms with Gasteiger partial charge < -0.3 is 15.2 Å². The normalized spacial score (nSPS) is 10.9. The van der Waals surface area contributed by atoms with Crippen molar-refractivity contribution in [3.8, 4) is 22.5 Å². The number of nitrogens with one attached hydrogen (secondary N) is 1. The van der Waals surface area contributed by atoms with Crippen LogP contribution < -0.4 is 11.3 Å². The number of aromatic amines is 1. The summed E-state index contributed by atoms with van der Waals surface area (Å²) in [5.41, 5.74) is 8.87. The number of rotatable bonds is 5. The van der Waals surface area contributed by atoms with Crippen LogP contribution in [0.4, 0.5) is 5.82 Å². The highest BCUT2D eigenvalue weighted by Gasteiger charge is 2.13. The van der Waals surface area contributed by atoms with Crippen LogP contribution in [0.25, 0.3) is 22.5 Å². The molecular weight excluding hydrogens is 374 g/mol. The topological polar surface area (TPSA) is 111 Å². The van der Waals surface area contributed by atoms with E-state index in [1.165, 1.54) is 11.8 Å². The number of thioether (sulfide) groups is 1. The summed E-state index contributed by atoms with van der Waals surface area (Å²) in [6, 6.07) is 17.1. The van der Waals surface area contributed by atoms with E-state index in [-0.39, 0.29) is 11.4 Å². The Morgan fingerprint density at radius 3 is 2.50 bits per heavy atom. The zero-order valence-corrected chi connectivity index (χ0v) is 15.9. The summed E-state index contributed by atoms with van der Waals surface area (Å²) in [5.74, 6) is 1.51. The van der Waals surface area contributed by atoms with Gasteiger partial charge in [-0.2, -0.15) is 4.98 Å². The molecule has 140 valence electrons. The summed E-state index contributed by atoms with van der Waals surface area (Å²) in [7, 11) is 0. The molecule has 2 heterocycles. The number of hydrogen-bond acceptors (Lipinski definition) is 7. The maximum Gasteiger partial charge on any atom is 0.261 e. The van der Waals surface area contributed by atoms with E-state index in [1.807, 2.05) is 61.5 Å². The summed E-state index contributed by atoms with van der Waals surface area (Å²) in [4.78, 5) is 23.9. The van der Waals surface area contributed by atoms with E-state index in [9.17, 15) is 4.79 Å². The third kappa shape index (κ3) is 3.81. The smallest absolute Gasteiger partial charge is 0.261 e. The summed E-state index contributed by atoms with van der Waals surface area (Å²) in [6.45, 7) is 2.02. The fourth-order valence-electron chi connectivity index (χ4n) is 2.68. The van der Waals surface area contributed by atoms with Crippen molar-refractivity contribution in [3.05, 3.63) is 76.4 Å². The van der Waals surface area contributed by atoms with Crippen molar-refractivity contribution < 1.29 is 4.52 Å². The lowest BCUT2D eigenvalue weighted by Gasteiger charge is -2.06. The van der Waals surface area contributed by atoms with Gasteiger partial charge in [0, 0.05) is 5.56 Å². The van der Waals surface area contributed by atoms with E-state index in [0.717, 1.165) is 16.7 Å². The Balaban J connectivity index is 1.50. The van der Waals surface area contributed by atoms with E-state index in [2.05, 4.69) is 20.1 Å². The minimum atomic E-state index is -0.285. The largest absolute Gasteiger partial charge is 0.383 e. The standard InChI is InChI=1S/C20H17N5O2S/c1-12-7-9-14(10-8-12)18-22-15(27-25-18)11-28-20-23-17(21)16(19(26)24-20)13-5-3-2-4-6-13/h2-10H,11H2,1H3,(H3,21,23,24,26). The van der Waals surface area contributed by atoms with Crippen LogP contribution in [0.15, 0.2) is 69.1 Å². The molecule has 8 heteroatoms.